The summed E-state index contributed by atoms with van der Waals surface area (Å²) in [6.07, 6.45) is 0.382. The Morgan fingerprint density at radius 2 is 2.27 bits per heavy atom. The summed E-state index contributed by atoms with van der Waals surface area (Å²) < 4.78 is 0. The molecule has 1 aromatic carbocycles. The molecule has 0 atom stereocenters. The molecular formula is C11H15N3O. The van der Waals surface area contributed by atoms with Gasteiger partial charge < -0.3 is 11.1 Å². The predicted molar refractivity (Wildman–Crippen MR) is 60.1 cm³/mol. The minimum Gasteiger partial charge on any atom is -0.387 e. The second-order valence-corrected chi connectivity index (χ2v) is 3.26. The van der Waals surface area contributed by atoms with E-state index in [4.69, 9.17) is 11.1 Å². The van der Waals surface area contributed by atoms with Crippen molar-refractivity contribution in [1.82, 2.24) is 5.32 Å². The Morgan fingerprint density at radius 1 is 1.53 bits per heavy atom. The number of carbonyl (C=O) groups excluding carboxylic acids is 1. The van der Waals surface area contributed by atoms with Crippen LogP contribution >= 0.6 is 0 Å². The van der Waals surface area contributed by atoms with Crippen LogP contribution in [0, 0.1) is 5.41 Å². The molecule has 0 saturated carbocycles. The predicted octanol–water partition coefficient (Wildman–Crippen LogP) is 0.915. The van der Waals surface area contributed by atoms with Gasteiger partial charge in [0, 0.05) is 18.5 Å². The number of benzene rings is 1. The molecule has 4 heteroatoms. The van der Waals surface area contributed by atoms with Crippen LogP contribution < -0.4 is 11.1 Å². The second-order valence-electron chi connectivity index (χ2n) is 3.26. The minimum atomic E-state index is -0.0945. The number of nitrogens with two attached hydrogens (primary N) is 1. The van der Waals surface area contributed by atoms with Gasteiger partial charge in [0.05, 0.1) is 5.84 Å². The standard InChI is InChI=1S/C11H15N3O/c1-2-14-11(15)9-5-3-4-8(6-9)7-10(12)13/h3-6H,2,7H2,1H3,(H3,12,13)(H,14,15). The van der Waals surface area contributed by atoms with E-state index in [2.05, 4.69) is 5.32 Å². The van der Waals surface area contributed by atoms with Gasteiger partial charge in [-0.1, -0.05) is 12.1 Å². The van der Waals surface area contributed by atoms with Crippen molar-refractivity contribution in [3.63, 3.8) is 0 Å². The van der Waals surface area contributed by atoms with Crippen LogP contribution in [0.4, 0.5) is 0 Å². The molecule has 0 radical (unpaired) electrons. The number of rotatable bonds is 4. The van der Waals surface area contributed by atoms with Gasteiger partial charge in [-0.15, -0.1) is 0 Å². The van der Waals surface area contributed by atoms with Crippen LogP contribution in [0.25, 0.3) is 0 Å². The molecule has 0 aliphatic rings. The zero-order valence-electron chi connectivity index (χ0n) is 8.71. The van der Waals surface area contributed by atoms with E-state index in [1.54, 1.807) is 18.2 Å². The van der Waals surface area contributed by atoms with Crippen molar-refractivity contribution >= 4 is 11.7 Å². The molecule has 4 N–H and O–H groups in total. The third-order valence-electron chi connectivity index (χ3n) is 1.92. The summed E-state index contributed by atoms with van der Waals surface area (Å²) in [6, 6.07) is 7.15. The highest BCUT2D eigenvalue weighted by Crippen LogP contribution is 2.05. The third-order valence-corrected chi connectivity index (χ3v) is 1.92. The maximum absolute atomic E-state index is 11.5. The Bertz CT molecular complexity index is 374. The zero-order valence-corrected chi connectivity index (χ0v) is 8.71. The van der Waals surface area contributed by atoms with Gasteiger partial charge >= 0.3 is 0 Å². The molecule has 1 rings (SSSR count). The van der Waals surface area contributed by atoms with Crippen LogP contribution in [-0.4, -0.2) is 18.3 Å². The van der Waals surface area contributed by atoms with Crippen molar-refractivity contribution in [2.45, 2.75) is 13.3 Å². The van der Waals surface area contributed by atoms with E-state index in [-0.39, 0.29) is 11.7 Å². The molecule has 0 bridgehead atoms. The van der Waals surface area contributed by atoms with Gasteiger partial charge in [0.1, 0.15) is 0 Å². The van der Waals surface area contributed by atoms with E-state index in [1.807, 2.05) is 13.0 Å². The van der Waals surface area contributed by atoms with Gasteiger partial charge in [-0.3, -0.25) is 10.2 Å². The number of nitrogens with one attached hydrogen (secondary N) is 2. The molecular weight excluding hydrogens is 190 g/mol. The Balaban J connectivity index is 2.82. The first-order chi connectivity index (χ1) is 7.13. The van der Waals surface area contributed by atoms with Gasteiger partial charge in [0.15, 0.2) is 0 Å². The summed E-state index contributed by atoms with van der Waals surface area (Å²) in [5, 5.41) is 9.89. The van der Waals surface area contributed by atoms with Crippen LogP contribution in [0.1, 0.15) is 22.8 Å². The van der Waals surface area contributed by atoms with Crippen molar-refractivity contribution in [2.75, 3.05) is 6.54 Å². The molecule has 1 amide bonds. The molecule has 15 heavy (non-hydrogen) atoms. The number of carbonyl (C=O) groups is 1. The Labute approximate surface area is 89.0 Å². The number of amidine groups is 1. The maximum Gasteiger partial charge on any atom is 0.251 e. The topological polar surface area (TPSA) is 79.0 Å². The molecule has 1 aromatic rings. The Kier molecular flexibility index (Phi) is 3.85. The van der Waals surface area contributed by atoms with Crippen LogP contribution in [0.2, 0.25) is 0 Å². The van der Waals surface area contributed by atoms with E-state index in [0.717, 1.165) is 5.56 Å². The van der Waals surface area contributed by atoms with Gasteiger partial charge in [0.25, 0.3) is 5.91 Å². The summed E-state index contributed by atoms with van der Waals surface area (Å²) in [7, 11) is 0. The molecule has 0 heterocycles. The zero-order chi connectivity index (χ0) is 11.3. The van der Waals surface area contributed by atoms with Gasteiger partial charge in [0.2, 0.25) is 0 Å². The fraction of sp³-hybridized carbons (Fsp3) is 0.273. The van der Waals surface area contributed by atoms with Crippen LogP contribution in [-0.2, 0) is 6.42 Å². The van der Waals surface area contributed by atoms with Crippen LogP contribution in [0.15, 0.2) is 24.3 Å². The first-order valence-electron chi connectivity index (χ1n) is 4.83. The summed E-state index contributed by atoms with van der Waals surface area (Å²) >= 11 is 0. The average Bonchev–Trinajstić information content (AvgIpc) is 2.17. The number of hydrogen-bond donors (Lipinski definition) is 3. The number of amides is 1. The highest BCUT2D eigenvalue weighted by molar-refractivity contribution is 5.94. The number of hydrogen-bond acceptors (Lipinski definition) is 2. The molecule has 0 unspecified atom stereocenters. The van der Waals surface area contributed by atoms with Crippen LogP contribution in [0.5, 0.6) is 0 Å². The van der Waals surface area contributed by atoms with Gasteiger partial charge in [-0.2, -0.15) is 0 Å². The summed E-state index contributed by atoms with van der Waals surface area (Å²) in [6.45, 7) is 2.48. The first kappa shape index (κ1) is 11.2. The molecule has 80 valence electrons. The Hall–Kier alpha value is -1.84. The molecule has 0 aliphatic heterocycles. The molecule has 0 aromatic heterocycles. The second kappa shape index (κ2) is 5.14. The SMILES string of the molecule is CCNC(=O)c1cccc(CC(=N)N)c1. The summed E-state index contributed by atoms with van der Waals surface area (Å²) in [4.78, 5) is 11.5. The van der Waals surface area contributed by atoms with Gasteiger partial charge in [-0.25, -0.2) is 0 Å². The average molecular weight is 205 g/mol. The molecule has 0 fully saturated rings. The fourth-order valence-electron chi connectivity index (χ4n) is 1.31. The lowest BCUT2D eigenvalue weighted by atomic mass is 10.1. The van der Waals surface area contributed by atoms with E-state index in [0.29, 0.717) is 18.5 Å². The third kappa shape index (κ3) is 3.42. The normalized spacial score (nSPS) is 9.67. The first-order valence-corrected chi connectivity index (χ1v) is 4.83. The molecule has 0 saturated heterocycles. The lowest BCUT2D eigenvalue weighted by molar-refractivity contribution is 0.0955. The van der Waals surface area contributed by atoms with Gasteiger partial charge in [-0.05, 0) is 24.6 Å². The summed E-state index contributed by atoms with van der Waals surface area (Å²) in [5.41, 5.74) is 6.78. The highest BCUT2D eigenvalue weighted by atomic mass is 16.1. The lowest BCUT2D eigenvalue weighted by Crippen LogP contribution is -2.22. The fourth-order valence-corrected chi connectivity index (χ4v) is 1.31. The molecule has 0 spiro atoms. The van der Waals surface area contributed by atoms with E-state index in [1.165, 1.54) is 0 Å². The van der Waals surface area contributed by atoms with E-state index in [9.17, 15) is 4.79 Å². The molecule has 0 aliphatic carbocycles. The Morgan fingerprint density at radius 3 is 2.87 bits per heavy atom. The van der Waals surface area contributed by atoms with Crippen LogP contribution in [0.3, 0.4) is 0 Å². The van der Waals surface area contributed by atoms with Crippen molar-refractivity contribution in [1.29, 1.82) is 5.41 Å². The van der Waals surface area contributed by atoms with E-state index < -0.39 is 0 Å². The van der Waals surface area contributed by atoms with Crippen molar-refractivity contribution in [3.8, 4) is 0 Å². The summed E-state index contributed by atoms with van der Waals surface area (Å²) in [5.74, 6) is 0.00551. The maximum atomic E-state index is 11.5. The van der Waals surface area contributed by atoms with E-state index >= 15 is 0 Å². The van der Waals surface area contributed by atoms with Crippen molar-refractivity contribution in [3.05, 3.63) is 35.4 Å². The molecule has 4 nitrogen and oxygen atoms in total. The quantitative estimate of drug-likeness (QED) is 0.504. The smallest absolute Gasteiger partial charge is 0.251 e. The largest absolute Gasteiger partial charge is 0.387 e. The lowest BCUT2D eigenvalue weighted by Gasteiger charge is -2.04. The van der Waals surface area contributed by atoms with Crippen molar-refractivity contribution < 1.29 is 4.79 Å². The monoisotopic (exact) mass is 205 g/mol. The van der Waals surface area contributed by atoms with Crippen molar-refractivity contribution in [2.24, 2.45) is 5.73 Å². The minimum absolute atomic E-state index is 0.0945. The highest BCUT2D eigenvalue weighted by Gasteiger charge is 2.04.